The van der Waals surface area contributed by atoms with Gasteiger partial charge in [-0.2, -0.15) is 0 Å². The van der Waals surface area contributed by atoms with Crippen molar-refractivity contribution in [2.45, 2.75) is 6.42 Å². The molecule has 0 aliphatic rings. The molecular weight excluding hydrogens is 424 g/mol. The van der Waals surface area contributed by atoms with Crippen molar-refractivity contribution in [2.75, 3.05) is 19.0 Å². The van der Waals surface area contributed by atoms with Gasteiger partial charge in [0.2, 0.25) is 5.96 Å². The van der Waals surface area contributed by atoms with Gasteiger partial charge in [-0.25, -0.2) is 0 Å². The predicted octanol–water partition coefficient (Wildman–Crippen LogP) is 5.27. The molecule has 162 valence electrons. The second-order valence-corrected chi connectivity index (χ2v) is 7.51. The molecule has 0 saturated carbocycles. The van der Waals surface area contributed by atoms with Crippen LogP contribution in [0.4, 0.5) is 5.69 Å². The van der Waals surface area contributed by atoms with Crippen molar-refractivity contribution in [3.63, 3.8) is 0 Å². The molecule has 1 amide bonds. The van der Waals surface area contributed by atoms with Crippen LogP contribution in [0, 0.1) is 0 Å². The van der Waals surface area contributed by atoms with E-state index in [-0.39, 0.29) is 5.91 Å². The number of rotatable bonds is 6. The zero-order chi connectivity index (χ0) is 22.3. The van der Waals surface area contributed by atoms with E-state index in [1.54, 1.807) is 31.4 Å². The summed E-state index contributed by atoms with van der Waals surface area (Å²) in [7, 11) is 1.59. The molecule has 3 aromatic carbocycles. The molecule has 0 aliphatic carbocycles. The van der Waals surface area contributed by atoms with Crippen LogP contribution in [0.25, 0.3) is 10.9 Å². The largest absolute Gasteiger partial charge is 0.495 e. The molecule has 0 radical (unpaired) electrons. The van der Waals surface area contributed by atoms with Crippen molar-refractivity contribution in [3.8, 4) is 5.75 Å². The molecule has 0 spiro atoms. The lowest BCUT2D eigenvalue weighted by Crippen LogP contribution is -2.36. The van der Waals surface area contributed by atoms with Gasteiger partial charge in [0.05, 0.1) is 23.4 Å². The van der Waals surface area contributed by atoms with E-state index in [1.165, 1.54) is 10.9 Å². The van der Waals surface area contributed by atoms with E-state index < -0.39 is 0 Å². The van der Waals surface area contributed by atoms with Crippen LogP contribution in [0.1, 0.15) is 15.9 Å². The minimum Gasteiger partial charge on any atom is -0.495 e. The number of hydrogen-bond acceptors (Lipinski definition) is 3. The number of H-pyrrole nitrogens is 1. The lowest BCUT2D eigenvalue weighted by atomic mass is 10.1. The van der Waals surface area contributed by atoms with Gasteiger partial charge in [-0.05, 0) is 42.3 Å². The third kappa shape index (κ3) is 4.92. The Hall–Kier alpha value is -3.77. The normalized spacial score (nSPS) is 11.4. The fourth-order valence-corrected chi connectivity index (χ4v) is 3.65. The van der Waals surface area contributed by atoms with Crippen molar-refractivity contribution in [1.29, 1.82) is 0 Å². The van der Waals surface area contributed by atoms with Crippen LogP contribution in [0.15, 0.2) is 84.0 Å². The number of hydrogen-bond donors (Lipinski definition) is 3. The molecule has 1 heterocycles. The summed E-state index contributed by atoms with van der Waals surface area (Å²) in [5, 5.41) is 7.57. The first-order chi connectivity index (χ1) is 15.7. The van der Waals surface area contributed by atoms with Crippen LogP contribution >= 0.6 is 11.6 Å². The molecule has 7 heteroatoms. The van der Waals surface area contributed by atoms with E-state index in [4.69, 9.17) is 16.3 Å². The van der Waals surface area contributed by atoms with E-state index in [0.29, 0.717) is 40.9 Å². The summed E-state index contributed by atoms with van der Waals surface area (Å²) in [4.78, 5) is 20.7. The zero-order valence-electron chi connectivity index (χ0n) is 17.6. The van der Waals surface area contributed by atoms with Gasteiger partial charge in [0, 0.05) is 23.6 Å². The quantitative estimate of drug-likeness (QED) is 0.279. The number of ether oxygens (including phenoxy) is 1. The van der Waals surface area contributed by atoms with Gasteiger partial charge in [0.15, 0.2) is 0 Å². The summed E-state index contributed by atoms with van der Waals surface area (Å²) < 4.78 is 5.41. The maximum absolute atomic E-state index is 12.8. The van der Waals surface area contributed by atoms with Crippen molar-refractivity contribution >= 4 is 40.1 Å². The molecule has 0 atom stereocenters. The fourth-order valence-electron chi connectivity index (χ4n) is 3.43. The van der Waals surface area contributed by atoms with Crippen molar-refractivity contribution in [3.05, 3.63) is 95.1 Å². The van der Waals surface area contributed by atoms with E-state index in [0.717, 1.165) is 5.52 Å². The number of nitrogens with one attached hydrogen (secondary N) is 3. The lowest BCUT2D eigenvalue weighted by molar-refractivity contribution is 0.0977. The molecule has 0 aliphatic heterocycles. The molecule has 0 fully saturated rings. The van der Waals surface area contributed by atoms with Gasteiger partial charge in [0.25, 0.3) is 5.91 Å². The van der Waals surface area contributed by atoms with E-state index in [9.17, 15) is 4.79 Å². The molecular formula is C25H23ClN4O2. The zero-order valence-corrected chi connectivity index (χ0v) is 18.3. The second-order valence-electron chi connectivity index (χ2n) is 7.10. The lowest BCUT2D eigenvalue weighted by Gasteiger charge is -2.14. The number of para-hydroxylation sites is 3. The Kier molecular flexibility index (Phi) is 6.72. The molecule has 0 bridgehead atoms. The van der Waals surface area contributed by atoms with E-state index in [1.807, 2.05) is 48.7 Å². The number of benzene rings is 3. The maximum atomic E-state index is 12.8. The minimum atomic E-state index is -0.344. The second kappa shape index (κ2) is 10.0. The number of fused-ring (bicyclic) bond motifs is 1. The van der Waals surface area contributed by atoms with Crippen LogP contribution in [0.3, 0.4) is 0 Å². The molecule has 0 unspecified atom stereocenters. The molecule has 1 aromatic heterocycles. The molecule has 0 saturated heterocycles. The van der Waals surface area contributed by atoms with Crippen LogP contribution in [0.2, 0.25) is 5.02 Å². The van der Waals surface area contributed by atoms with Crippen LogP contribution in [-0.4, -0.2) is 30.5 Å². The Labute approximate surface area is 191 Å². The van der Waals surface area contributed by atoms with Gasteiger partial charge < -0.3 is 15.0 Å². The number of aromatic nitrogens is 1. The van der Waals surface area contributed by atoms with E-state index >= 15 is 0 Å². The summed E-state index contributed by atoms with van der Waals surface area (Å²) in [5.41, 5.74) is 3.32. The third-order valence-electron chi connectivity index (χ3n) is 5.04. The number of methoxy groups -OCH3 is 1. The SMILES string of the molecule is COc1ccccc1NC(=NCCc1c[nH]c2ccccc12)NC(=O)c1ccccc1Cl. The molecule has 4 aromatic rings. The first-order valence-corrected chi connectivity index (χ1v) is 10.6. The number of carbonyl (C=O) groups is 1. The number of guanidine groups is 1. The molecule has 4 rings (SSSR count). The topological polar surface area (TPSA) is 78.5 Å². The van der Waals surface area contributed by atoms with Gasteiger partial charge in [-0.3, -0.25) is 15.1 Å². The Morgan fingerprint density at radius 1 is 1.03 bits per heavy atom. The van der Waals surface area contributed by atoms with Crippen LogP contribution in [0.5, 0.6) is 5.75 Å². The molecule has 32 heavy (non-hydrogen) atoms. The van der Waals surface area contributed by atoms with Gasteiger partial charge in [0.1, 0.15) is 5.75 Å². The number of carbonyl (C=O) groups excluding carboxylic acids is 1. The Balaban J connectivity index is 1.56. The van der Waals surface area contributed by atoms with Gasteiger partial charge in [-0.1, -0.05) is 54.1 Å². The number of nitrogens with zero attached hydrogens (tertiary/aromatic N) is 1. The third-order valence-corrected chi connectivity index (χ3v) is 5.37. The van der Waals surface area contributed by atoms with Gasteiger partial charge in [-0.15, -0.1) is 0 Å². The predicted molar refractivity (Wildman–Crippen MR) is 130 cm³/mol. The summed E-state index contributed by atoms with van der Waals surface area (Å²) >= 11 is 6.19. The molecule has 3 N–H and O–H groups in total. The Bertz CT molecular complexity index is 1270. The van der Waals surface area contributed by atoms with Crippen molar-refractivity contribution < 1.29 is 9.53 Å². The average molecular weight is 447 g/mol. The Morgan fingerprint density at radius 2 is 1.78 bits per heavy atom. The number of aromatic amines is 1. The maximum Gasteiger partial charge on any atom is 0.259 e. The Morgan fingerprint density at radius 3 is 2.62 bits per heavy atom. The minimum absolute atomic E-state index is 0.319. The summed E-state index contributed by atoms with van der Waals surface area (Å²) in [6.07, 6.45) is 2.71. The smallest absolute Gasteiger partial charge is 0.259 e. The number of aliphatic imine (C=N–C) groups is 1. The number of halogens is 1. The van der Waals surface area contributed by atoms with Crippen LogP contribution < -0.4 is 15.4 Å². The highest BCUT2D eigenvalue weighted by molar-refractivity contribution is 6.34. The number of anilines is 1. The summed E-state index contributed by atoms with van der Waals surface area (Å²) in [6, 6.07) is 22.5. The molecule has 6 nitrogen and oxygen atoms in total. The monoisotopic (exact) mass is 446 g/mol. The highest BCUT2D eigenvalue weighted by atomic mass is 35.5. The van der Waals surface area contributed by atoms with Crippen LogP contribution in [-0.2, 0) is 6.42 Å². The van der Waals surface area contributed by atoms with E-state index in [2.05, 4.69) is 26.7 Å². The number of amides is 1. The van der Waals surface area contributed by atoms with Crippen molar-refractivity contribution in [1.82, 2.24) is 10.3 Å². The average Bonchev–Trinajstić information content (AvgIpc) is 3.22. The summed E-state index contributed by atoms with van der Waals surface area (Å²) in [6.45, 7) is 0.474. The first kappa shape index (κ1) is 21.5. The van der Waals surface area contributed by atoms with Crippen molar-refractivity contribution in [2.24, 2.45) is 4.99 Å². The fraction of sp³-hybridized carbons (Fsp3) is 0.120. The standard InChI is InChI=1S/C25H23ClN4O2/c1-32-23-13-7-6-12-22(23)29-25(30-24(31)19-9-2-4-10-20(19)26)27-15-14-17-16-28-21-11-5-3-8-18(17)21/h2-13,16,28H,14-15H2,1H3,(H2,27,29,30,31). The summed E-state index contributed by atoms with van der Waals surface area (Å²) in [5.74, 6) is 0.618. The van der Waals surface area contributed by atoms with Gasteiger partial charge >= 0.3 is 0 Å². The highest BCUT2D eigenvalue weighted by Gasteiger charge is 2.14. The first-order valence-electron chi connectivity index (χ1n) is 10.2. The highest BCUT2D eigenvalue weighted by Crippen LogP contribution is 2.23.